The molecular formula is C17H29NO2. The predicted molar refractivity (Wildman–Crippen MR) is 84.1 cm³/mol. The van der Waals surface area contributed by atoms with Gasteiger partial charge in [0.15, 0.2) is 0 Å². The van der Waals surface area contributed by atoms with Crippen molar-refractivity contribution >= 4 is 0 Å². The Hall–Kier alpha value is -1.06. The fraction of sp³-hybridized carbons (Fsp3) is 0.647. The van der Waals surface area contributed by atoms with Crippen molar-refractivity contribution < 1.29 is 9.84 Å². The first-order valence-corrected chi connectivity index (χ1v) is 7.55. The summed E-state index contributed by atoms with van der Waals surface area (Å²) in [5.74, 6) is 1.51. The van der Waals surface area contributed by atoms with Crippen molar-refractivity contribution in [3.63, 3.8) is 0 Å². The summed E-state index contributed by atoms with van der Waals surface area (Å²) in [6.45, 7) is 10.1. The normalized spacial score (nSPS) is 14.6. The Morgan fingerprint density at radius 3 is 2.20 bits per heavy atom. The predicted octanol–water partition coefficient (Wildman–Crippen LogP) is 3.49. The summed E-state index contributed by atoms with van der Waals surface area (Å²) in [6, 6.07) is 7.74. The maximum atomic E-state index is 10.3. The summed E-state index contributed by atoms with van der Waals surface area (Å²) >= 11 is 0. The second kappa shape index (κ2) is 8.28. The van der Waals surface area contributed by atoms with Crippen LogP contribution in [0.25, 0.3) is 0 Å². The number of aliphatic hydroxyl groups excluding tert-OH is 1. The average Bonchev–Trinajstić information content (AvgIpc) is 2.38. The molecule has 0 fully saturated rings. The summed E-state index contributed by atoms with van der Waals surface area (Å²) in [4.78, 5) is 2.19. The summed E-state index contributed by atoms with van der Waals surface area (Å²) in [5, 5.41) is 10.3. The van der Waals surface area contributed by atoms with Gasteiger partial charge < -0.3 is 14.7 Å². The zero-order chi connectivity index (χ0) is 15.1. The molecule has 0 aliphatic rings. The van der Waals surface area contributed by atoms with Crippen molar-refractivity contribution in [2.45, 2.75) is 46.3 Å². The van der Waals surface area contributed by atoms with E-state index >= 15 is 0 Å². The van der Waals surface area contributed by atoms with Gasteiger partial charge in [0.2, 0.25) is 0 Å². The molecular weight excluding hydrogens is 250 g/mol. The van der Waals surface area contributed by atoms with E-state index < -0.39 is 6.10 Å². The highest BCUT2D eigenvalue weighted by Gasteiger charge is 2.12. The lowest BCUT2D eigenvalue weighted by atomic mass is 10.1. The first-order valence-electron chi connectivity index (χ1n) is 7.55. The minimum absolute atomic E-state index is 0.174. The van der Waals surface area contributed by atoms with Crippen LogP contribution in [-0.2, 0) is 0 Å². The molecule has 0 saturated carbocycles. The molecule has 1 rings (SSSR count). The highest BCUT2D eigenvalue weighted by molar-refractivity contribution is 5.28. The number of ether oxygens (including phenoxy) is 1. The van der Waals surface area contributed by atoms with E-state index in [9.17, 15) is 5.11 Å². The monoisotopic (exact) mass is 279 g/mol. The third kappa shape index (κ3) is 5.93. The fourth-order valence-electron chi connectivity index (χ4n) is 2.18. The molecule has 2 unspecified atom stereocenters. The molecule has 0 spiro atoms. The molecule has 1 N–H and O–H groups in total. The Morgan fingerprint density at radius 2 is 1.70 bits per heavy atom. The smallest absolute Gasteiger partial charge is 0.119 e. The maximum absolute atomic E-state index is 10.3. The molecule has 3 heteroatoms. The minimum Gasteiger partial charge on any atom is -0.491 e. The number of aliphatic hydroxyl groups is 1. The van der Waals surface area contributed by atoms with Gasteiger partial charge in [-0.05, 0) is 44.5 Å². The van der Waals surface area contributed by atoms with Crippen LogP contribution in [0.2, 0.25) is 0 Å². The van der Waals surface area contributed by atoms with Crippen LogP contribution in [0.1, 0.15) is 45.8 Å². The van der Waals surface area contributed by atoms with Crippen molar-refractivity contribution in [2.75, 3.05) is 20.1 Å². The zero-order valence-corrected chi connectivity index (χ0v) is 13.5. The molecule has 0 bridgehead atoms. The lowest BCUT2D eigenvalue weighted by Crippen LogP contribution is -2.28. The van der Waals surface area contributed by atoms with E-state index in [0.717, 1.165) is 17.9 Å². The van der Waals surface area contributed by atoms with E-state index in [1.54, 1.807) is 0 Å². The topological polar surface area (TPSA) is 32.7 Å². The van der Waals surface area contributed by atoms with E-state index in [4.69, 9.17) is 4.74 Å². The van der Waals surface area contributed by atoms with Crippen molar-refractivity contribution in [1.82, 2.24) is 4.90 Å². The molecule has 114 valence electrons. The minimum atomic E-state index is -0.447. The van der Waals surface area contributed by atoms with Crippen molar-refractivity contribution in [2.24, 2.45) is 5.92 Å². The molecule has 2 atom stereocenters. The van der Waals surface area contributed by atoms with Gasteiger partial charge in [-0.1, -0.05) is 32.4 Å². The van der Waals surface area contributed by atoms with Crippen molar-refractivity contribution in [1.29, 1.82) is 0 Å². The first-order chi connectivity index (χ1) is 9.42. The molecule has 1 aromatic carbocycles. The molecule has 20 heavy (non-hydrogen) atoms. The Labute approximate surface area is 123 Å². The number of benzene rings is 1. The Bertz CT molecular complexity index is 375. The zero-order valence-electron chi connectivity index (χ0n) is 13.5. The van der Waals surface area contributed by atoms with Gasteiger partial charge in [-0.2, -0.15) is 0 Å². The third-order valence-electron chi connectivity index (χ3n) is 3.44. The van der Waals surface area contributed by atoms with Crippen molar-refractivity contribution in [3.05, 3.63) is 29.8 Å². The van der Waals surface area contributed by atoms with E-state index in [1.165, 1.54) is 6.42 Å². The number of hydrogen-bond donors (Lipinski definition) is 1. The van der Waals surface area contributed by atoms with Crippen LogP contribution >= 0.6 is 0 Å². The average molecular weight is 279 g/mol. The molecule has 0 radical (unpaired) electrons. The highest BCUT2D eigenvalue weighted by atomic mass is 16.5. The van der Waals surface area contributed by atoms with Gasteiger partial charge in [-0.3, -0.25) is 0 Å². The van der Waals surface area contributed by atoms with Crippen LogP contribution in [0, 0.1) is 5.92 Å². The second-order valence-electron chi connectivity index (χ2n) is 5.99. The SMILES string of the molecule is CCC(C)CN(C)CC(O)c1ccc(OC(C)C)cc1. The largest absolute Gasteiger partial charge is 0.491 e. The standard InChI is InChI=1S/C17H29NO2/c1-6-14(4)11-18(5)12-17(19)15-7-9-16(10-8-15)20-13(2)3/h7-10,13-14,17,19H,6,11-12H2,1-5H3. The Kier molecular flexibility index (Phi) is 7.03. The van der Waals surface area contributed by atoms with Gasteiger partial charge in [-0.25, -0.2) is 0 Å². The van der Waals surface area contributed by atoms with Crippen LogP contribution in [0.3, 0.4) is 0 Å². The first kappa shape index (κ1) is 17.0. The molecule has 0 saturated heterocycles. The molecule has 0 aliphatic heterocycles. The van der Waals surface area contributed by atoms with Gasteiger partial charge in [0.1, 0.15) is 5.75 Å². The van der Waals surface area contributed by atoms with E-state index in [2.05, 4.69) is 25.8 Å². The molecule has 0 heterocycles. The third-order valence-corrected chi connectivity index (χ3v) is 3.44. The summed E-state index contributed by atoms with van der Waals surface area (Å²) in [5.41, 5.74) is 0.942. The molecule has 0 aromatic heterocycles. The Morgan fingerprint density at radius 1 is 1.10 bits per heavy atom. The van der Waals surface area contributed by atoms with Crippen molar-refractivity contribution in [3.8, 4) is 5.75 Å². The van der Waals surface area contributed by atoms with E-state index in [1.807, 2.05) is 38.1 Å². The van der Waals surface area contributed by atoms with Crippen LogP contribution in [0.5, 0.6) is 5.75 Å². The maximum Gasteiger partial charge on any atom is 0.119 e. The van der Waals surface area contributed by atoms with Gasteiger partial charge in [0.05, 0.1) is 12.2 Å². The van der Waals surface area contributed by atoms with E-state index in [-0.39, 0.29) is 6.10 Å². The number of hydrogen-bond acceptors (Lipinski definition) is 3. The van der Waals surface area contributed by atoms with E-state index in [0.29, 0.717) is 12.5 Å². The lowest BCUT2D eigenvalue weighted by molar-refractivity contribution is 0.119. The fourth-order valence-corrected chi connectivity index (χ4v) is 2.18. The number of likely N-dealkylation sites (N-methyl/N-ethyl adjacent to an activating group) is 1. The second-order valence-corrected chi connectivity index (χ2v) is 5.99. The summed E-state index contributed by atoms with van der Waals surface area (Å²) < 4.78 is 5.61. The highest BCUT2D eigenvalue weighted by Crippen LogP contribution is 2.19. The molecule has 1 aromatic rings. The lowest BCUT2D eigenvalue weighted by Gasteiger charge is -2.23. The quantitative estimate of drug-likeness (QED) is 0.790. The summed E-state index contributed by atoms with van der Waals surface area (Å²) in [7, 11) is 2.06. The molecule has 0 amide bonds. The number of rotatable bonds is 8. The van der Waals surface area contributed by atoms with Crippen LogP contribution in [0.15, 0.2) is 24.3 Å². The van der Waals surface area contributed by atoms with Crippen LogP contribution < -0.4 is 4.74 Å². The number of nitrogens with zero attached hydrogens (tertiary/aromatic N) is 1. The van der Waals surface area contributed by atoms with Crippen LogP contribution in [0.4, 0.5) is 0 Å². The summed E-state index contributed by atoms with van der Waals surface area (Å²) in [6.07, 6.45) is 0.895. The van der Waals surface area contributed by atoms with Gasteiger partial charge in [-0.15, -0.1) is 0 Å². The Balaban J connectivity index is 2.52. The molecule has 0 aliphatic carbocycles. The van der Waals surface area contributed by atoms with Crippen LogP contribution in [-0.4, -0.2) is 36.2 Å². The van der Waals surface area contributed by atoms with Gasteiger partial charge in [0.25, 0.3) is 0 Å². The van der Waals surface area contributed by atoms with Gasteiger partial charge >= 0.3 is 0 Å². The molecule has 3 nitrogen and oxygen atoms in total. The van der Waals surface area contributed by atoms with Gasteiger partial charge in [0, 0.05) is 13.1 Å².